The van der Waals surface area contributed by atoms with Gasteiger partial charge >= 0.3 is 0 Å². The van der Waals surface area contributed by atoms with Gasteiger partial charge in [-0.1, -0.05) is 45.9 Å². The fourth-order valence-corrected chi connectivity index (χ4v) is 2.84. The predicted octanol–water partition coefficient (Wildman–Crippen LogP) is 4.23. The summed E-state index contributed by atoms with van der Waals surface area (Å²) in [5.41, 5.74) is 3.95. The molecule has 2 rings (SSSR count). The van der Waals surface area contributed by atoms with Gasteiger partial charge in [-0.25, -0.2) is 9.97 Å². The molecule has 6 heteroatoms. The minimum Gasteiger partial charge on any atom is -0.385 e. The molecule has 27 heavy (non-hydrogen) atoms. The van der Waals surface area contributed by atoms with Gasteiger partial charge in [-0.05, 0) is 29.4 Å². The number of carbonyl (C=O) groups excluding carboxylic acids is 1. The van der Waals surface area contributed by atoms with Crippen LogP contribution >= 0.6 is 0 Å². The molecule has 0 aliphatic rings. The van der Waals surface area contributed by atoms with E-state index < -0.39 is 0 Å². The van der Waals surface area contributed by atoms with Gasteiger partial charge in [-0.3, -0.25) is 4.79 Å². The standard InChI is InChI=1S/C21H30N4O2/c1-14(2)17-8-6-9-18(15(3)4)19(17)25-21-23-12-16(13-24-21)20(26)22-10-7-11-27-5/h6,8-9,12-15H,7,10-11H2,1-5H3,(H,22,26)(H,23,24,25). The SMILES string of the molecule is COCCCNC(=O)c1cnc(Nc2c(C(C)C)cccc2C(C)C)nc1. The molecule has 0 saturated heterocycles. The van der Waals surface area contributed by atoms with Crippen LogP contribution < -0.4 is 10.6 Å². The molecule has 2 aromatic rings. The normalized spacial score (nSPS) is 11.1. The molecule has 6 nitrogen and oxygen atoms in total. The highest BCUT2D eigenvalue weighted by Gasteiger charge is 2.15. The molecule has 0 spiro atoms. The molecule has 146 valence electrons. The molecular weight excluding hydrogens is 340 g/mol. The Hall–Kier alpha value is -2.47. The molecule has 0 atom stereocenters. The van der Waals surface area contributed by atoms with Crippen LogP contribution in [-0.4, -0.2) is 36.1 Å². The average Bonchev–Trinajstić information content (AvgIpc) is 2.65. The van der Waals surface area contributed by atoms with E-state index in [4.69, 9.17) is 4.74 Å². The van der Waals surface area contributed by atoms with Gasteiger partial charge in [0.2, 0.25) is 5.95 Å². The van der Waals surface area contributed by atoms with Crippen molar-refractivity contribution in [3.63, 3.8) is 0 Å². The topological polar surface area (TPSA) is 76.1 Å². The number of ether oxygens (including phenoxy) is 1. The maximum Gasteiger partial charge on any atom is 0.254 e. The Morgan fingerprint density at radius 2 is 1.67 bits per heavy atom. The Morgan fingerprint density at radius 1 is 1.07 bits per heavy atom. The number of nitrogens with zero attached hydrogens (tertiary/aromatic N) is 2. The lowest BCUT2D eigenvalue weighted by atomic mass is 9.93. The van der Waals surface area contributed by atoms with Crippen molar-refractivity contribution in [1.82, 2.24) is 15.3 Å². The van der Waals surface area contributed by atoms with E-state index in [0.717, 1.165) is 12.1 Å². The number of hydrogen-bond donors (Lipinski definition) is 2. The van der Waals surface area contributed by atoms with Crippen molar-refractivity contribution in [3.05, 3.63) is 47.3 Å². The number of benzene rings is 1. The second-order valence-electron chi connectivity index (χ2n) is 7.14. The second-order valence-corrected chi connectivity index (χ2v) is 7.14. The zero-order chi connectivity index (χ0) is 19.8. The molecule has 1 amide bonds. The van der Waals surface area contributed by atoms with E-state index >= 15 is 0 Å². The van der Waals surface area contributed by atoms with Crippen LogP contribution in [0.4, 0.5) is 11.6 Å². The number of amides is 1. The highest BCUT2D eigenvalue weighted by molar-refractivity contribution is 5.93. The van der Waals surface area contributed by atoms with E-state index in [9.17, 15) is 4.79 Å². The van der Waals surface area contributed by atoms with Gasteiger partial charge in [0.1, 0.15) is 0 Å². The Labute approximate surface area is 161 Å². The number of rotatable bonds is 9. The van der Waals surface area contributed by atoms with Crippen molar-refractivity contribution < 1.29 is 9.53 Å². The summed E-state index contributed by atoms with van der Waals surface area (Å²) in [5, 5.41) is 6.19. The molecule has 0 aliphatic heterocycles. The van der Waals surface area contributed by atoms with Gasteiger partial charge in [-0.15, -0.1) is 0 Å². The third-order valence-corrected chi connectivity index (χ3v) is 4.33. The first-order chi connectivity index (χ1) is 12.9. The molecular formula is C21H30N4O2. The molecule has 2 N–H and O–H groups in total. The first-order valence-corrected chi connectivity index (χ1v) is 9.43. The van der Waals surface area contributed by atoms with E-state index in [1.165, 1.54) is 11.1 Å². The van der Waals surface area contributed by atoms with Crippen LogP contribution in [0.25, 0.3) is 0 Å². The summed E-state index contributed by atoms with van der Waals surface area (Å²) in [6.07, 6.45) is 3.87. The highest BCUT2D eigenvalue weighted by atomic mass is 16.5. The average molecular weight is 370 g/mol. The molecule has 0 bridgehead atoms. The maximum atomic E-state index is 12.1. The van der Waals surface area contributed by atoms with E-state index in [0.29, 0.717) is 36.5 Å². The first-order valence-electron chi connectivity index (χ1n) is 9.43. The van der Waals surface area contributed by atoms with Crippen LogP contribution in [0.15, 0.2) is 30.6 Å². The van der Waals surface area contributed by atoms with Crippen molar-refractivity contribution in [1.29, 1.82) is 0 Å². The van der Waals surface area contributed by atoms with Crippen LogP contribution in [0, 0.1) is 0 Å². The Balaban J connectivity index is 2.14. The summed E-state index contributed by atoms with van der Waals surface area (Å²) in [4.78, 5) is 20.8. The van der Waals surface area contributed by atoms with Gasteiger partial charge in [0.05, 0.1) is 5.56 Å². The Morgan fingerprint density at radius 3 is 2.19 bits per heavy atom. The quantitative estimate of drug-likeness (QED) is 0.646. The fraction of sp³-hybridized carbons (Fsp3) is 0.476. The van der Waals surface area contributed by atoms with Crippen LogP contribution in [-0.2, 0) is 4.74 Å². The molecule has 1 aromatic carbocycles. The zero-order valence-electron chi connectivity index (χ0n) is 16.9. The molecule has 1 aromatic heterocycles. The predicted molar refractivity (Wildman–Crippen MR) is 109 cm³/mol. The van der Waals surface area contributed by atoms with Gasteiger partial charge in [-0.2, -0.15) is 0 Å². The number of aromatic nitrogens is 2. The number of methoxy groups -OCH3 is 1. The fourth-order valence-electron chi connectivity index (χ4n) is 2.84. The Bertz CT molecular complexity index is 716. The third kappa shape index (κ3) is 5.76. The van der Waals surface area contributed by atoms with E-state index in [2.05, 4.69) is 66.5 Å². The zero-order valence-corrected chi connectivity index (χ0v) is 16.9. The highest BCUT2D eigenvalue weighted by Crippen LogP contribution is 2.33. The van der Waals surface area contributed by atoms with Gasteiger partial charge < -0.3 is 15.4 Å². The lowest BCUT2D eigenvalue weighted by Gasteiger charge is -2.20. The van der Waals surface area contributed by atoms with Gasteiger partial charge in [0, 0.05) is 38.3 Å². The maximum absolute atomic E-state index is 12.1. The van der Waals surface area contributed by atoms with Gasteiger partial charge in [0.25, 0.3) is 5.91 Å². The smallest absolute Gasteiger partial charge is 0.254 e. The lowest BCUT2D eigenvalue weighted by Crippen LogP contribution is -2.25. The minimum absolute atomic E-state index is 0.178. The van der Waals surface area contributed by atoms with Gasteiger partial charge in [0.15, 0.2) is 0 Å². The van der Waals surface area contributed by atoms with Crippen molar-refractivity contribution in [2.24, 2.45) is 0 Å². The van der Waals surface area contributed by atoms with E-state index in [1.807, 2.05) is 0 Å². The summed E-state index contributed by atoms with van der Waals surface area (Å²) in [5.74, 6) is 1.07. The summed E-state index contributed by atoms with van der Waals surface area (Å²) in [6.45, 7) is 9.86. The minimum atomic E-state index is -0.178. The second kappa shape index (κ2) is 10.0. The molecule has 0 fully saturated rings. The van der Waals surface area contributed by atoms with Crippen molar-refractivity contribution in [2.75, 3.05) is 25.6 Å². The molecule has 0 unspecified atom stereocenters. The monoisotopic (exact) mass is 370 g/mol. The number of nitrogens with one attached hydrogen (secondary N) is 2. The summed E-state index contributed by atoms with van der Waals surface area (Å²) in [7, 11) is 1.64. The number of carbonyl (C=O) groups is 1. The molecule has 0 radical (unpaired) electrons. The van der Waals surface area contributed by atoms with E-state index in [1.54, 1.807) is 19.5 Å². The van der Waals surface area contributed by atoms with Crippen LogP contribution in [0.3, 0.4) is 0 Å². The Kier molecular flexibility index (Phi) is 7.73. The van der Waals surface area contributed by atoms with Crippen molar-refractivity contribution >= 4 is 17.5 Å². The third-order valence-electron chi connectivity index (χ3n) is 4.33. The summed E-state index contributed by atoms with van der Waals surface area (Å²) >= 11 is 0. The molecule has 1 heterocycles. The van der Waals surface area contributed by atoms with E-state index in [-0.39, 0.29) is 5.91 Å². The molecule has 0 saturated carbocycles. The lowest BCUT2D eigenvalue weighted by molar-refractivity contribution is 0.0948. The van der Waals surface area contributed by atoms with Crippen LogP contribution in [0.2, 0.25) is 0 Å². The molecule has 0 aliphatic carbocycles. The number of para-hydroxylation sites is 1. The number of anilines is 2. The number of hydrogen-bond acceptors (Lipinski definition) is 5. The largest absolute Gasteiger partial charge is 0.385 e. The first kappa shape index (κ1) is 20.8. The van der Waals surface area contributed by atoms with Crippen LogP contribution in [0.5, 0.6) is 0 Å². The summed E-state index contributed by atoms with van der Waals surface area (Å²) < 4.78 is 4.97. The van der Waals surface area contributed by atoms with Crippen LogP contribution in [0.1, 0.15) is 67.4 Å². The van der Waals surface area contributed by atoms with Crippen molar-refractivity contribution in [3.8, 4) is 0 Å². The summed E-state index contributed by atoms with van der Waals surface area (Å²) in [6, 6.07) is 6.34. The van der Waals surface area contributed by atoms with Crippen molar-refractivity contribution in [2.45, 2.75) is 46.0 Å².